The summed E-state index contributed by atoms with van der Waals surface area (Å²) >= 11 is 0. The second-order valence-corrected chi connectivity index (χ2v) is 2.16. The molecule has 0 unspecified atom stereocenters. The average molecular weight is 170 g/mol. The van der Waals surface area contributed by atoms with Gasteiger partial charge in [0.15, 0.2) is 5.69 Å². The summed E-state index contributed by atoms with van der Waals surface area (Å²) in [5, 5.41) is 4.70. The molecule has 0 saturated heterocycles. The number of amides is 1. The normalized spacial score (nSPS) is 9.75. The molecule has 0 bridgehead atoms. The number of nitrogens with one attached hydrogen (secondary N) is 1. The molecule has 0 saturated carbocycles. The number of hydrogen-bond donors (Lipinski definition) is 2. The maximum atomic E-state index is 11.0. The fourth-order valence-corrected chi connectivity index (χ4v) is 0.794. The van der Waals surface area contributed by atoms with Crippen LogP contribution in [-0.2, 0) is 7.05 Å². The van der Waals surface area contributed by atoms with E-state index in [4.69, 9.17) is 5.73 Å². The van der Waals surface area contributed by atoms with E-state index in [0.29, 0.717) is 0 Å². The number of carbonyl (C=O) groups is 1. The molecule has 0 aliphatic heterocycles. The van der Waals surface area contributed by atoms with Crippen LogP contribution in [0.2, 0.25) is 0 Å². The van der Waals surface area contributed by atoms with Crippen molar-refractivity contribution in [2.75, 3.05) is 0 Å². The smallest absolute Gasteiger partial charge is 0.296 e. The third-order valence-electron chi connectivity index (χ3n) is 1.36. The Bertz CT molecular complexity index is 388. The van der Waals surface area contributed by atoms with Crippen LogP contribution in [0.25, 0.3) is 0 Å². The van der Waals surface area contributed by atoms with Crippen LogP contribution >= 0.6 is 0 Å². The average Bonchev–Trinajstić information content (AvgIpc) is 2.29. The van der Waals surface area contributed by atoms with Gasteiger partial charge in [0.25, 0.3) is 11.5 Å². The van der Waals surface area contributed by atoms with Crippen molar-refractivity contribution in [3.05, 3.63) is 21.0 Å². The first kappa shape index (κ1) is 8.18. The van der Waals surface area contributed by atoms with Gasteiger partial charge in [-0.3, -0.25) is 19.4 Å². The summed E-state index contributed by atoms with van der Waals surface area (Å²) < 4.78 is 0.955. The molecule has 12 heavy (non-hydrogen) atoms. The highest BCUT2D eigenvalue weighted by molar-refractivity contribution is 5.95. The number of H-pyrrole nitrogens is 1. The second kappa shape index (κ2) is 2.61. The van der Waals surface area contributed by atoms with Gasteiger partial charge in [0.05, 0.1) is 0 Å². The SMILES string of the molecule is Cn1[nH]c(C(N)=O)c(N=O)c1=O. The molecule has 0 atom stereocenters. The van der Waals surface area contributed by atoms with Gasteiger partial charge in [0.2, 0.25) is 5.69 Å². The minimum atomic E-state index is -0.887. The Morgan fingerprint density at radius 3 is 2.58 bits per heavy atom. The Morgan fingerprint density at radius 1 is 1.67 bits per heavy atom. The molecule has 0 aliphatic carbocycles. The highest BCUT2D eigenvalue weighted by atomic mass is 16.3. The summed E-state index contributed by atoms with van der Waals surface area (Å²) in [5.74, 6) is -0.887. The summed E-state index contributed by atoms with van der Waals surface area (Å²) in [6.07, 6.45) is 0. The minimum absolute atomic E-state index is 0.266. The van der Waals surface area contributed by atoms with Crippen LogP contribution < -0.4 is 11.3 Å². The van der Waals surface area contributed by atoms with Crippen molar-refractivity contribution in [3.8, 4) is 0 Å². The van der Waals surface area contributed by atoms with Crippen LogP contribution in [-0.4, -0.2) is 15.7 Å². The van der Waals surface area contributed by atoms with E-state index < -0.39 is 17.2 Å². The van der Waals surface area contributed by atoms with E-state index >= 15 is 0 Å². The van der Waals surface area contributed by atoms with E-state index in [1.54, 1.807) is 0 Å². The monoisotopic (exact) mass is 170 g/mol. The lowest BCUT2D eigenvalue weighted by molar-refractivity contribution is 0.0995. The fourth-order valence-electron chi connectivity index (χ4n) is 0.794. The fraction of sp³-hybridized carbons (Fsp3) is 0.200. The van der Waals surface area contributed by atoms with Gasteiger partial charge in [0.1, 0.15) is 0 Å². The van der Waals surface area contributed by atoms with E-state index in [0.717, 1.165) is 4.68 Å². The van der Waals surface area contributed by atoms with Gasteiger partial charge in [-0.1, -0.05) is 0 Å². The van der Waals surface area contributed by atoms with Gasteiger partial charge >= 0.3 is 0 Å². The van der Waals surface area contributed by atoms with Crippen LogP contribution in [0.3, 0.4) is 0 Å². The molecule has 1 heterocycles. The molecule has 0 aliphatic rings. The lowest BCUT2D eigenvalue weighted by Crippen LogP contribution is -2.12. The third-order valence-corrected chi connectivity index (χ3v) is 1.36. The van der Waals surface area contributed by atoms with Crippen LogP contribution in [0.1, 0.15) is 10.5 Å². The summed E-state index contributed by atoms with van der Waals surface area (Å²) in [5.41, 5.74) is 3.44. The number of nitrogens with two attached hydrogens (primary N) is 1. The van der Waals surface area contributed by atoms with E-state index in [9.17, 15) is 14.5 Å². The number of aromatic amines is 1. The van der Waals surface area contributed by atoms with Gasteiger partial charge in [-0.2, -0.15) is 0 Å². The lowest BCUT2D eigenvalue weighted by Gasteiger charge is -1.87. The van der Waals surface area contributed by atoms with Crippen molar-refractivity contribution in [2.45, 2.75) is 0 Å². The number of nitroso groups, excluding NO2 is 1. The van der Waals surface area contributed by atoms with Gasteiger partial charge in [-0.05, 0) is 5.18 Å². The zero-order valence-corrected chi connectivity index (χ0v) is 6.20. The zero-order chi connectivity index (χ0) is 9.30. The van der Waals surface area contributed by atoms with Crippen LogP contribution in [0.5, 0.6) is 0 Å². The largest absolute Gasteiger partial charge is 0.364 e. The van der Waals surface area contributed by atoms with Crippen molar-refractivity contribution < 1.29 is 4.79 Å². The van der Waals surface area contributed by atoms with E-state index in [1.165, 1.54) is 7.05 Å². The van der Waals surface area contributed by atoms with Crippen molar-refractivity contribution in [3.63, 3.8) is 0 Å². The Labute approximate surface area is 66.1 Å². The molecule has 64 valence electrons. The number of nitrogens with zero attached hydrogens (tertiary/aromatic N) is 2. The summed E-state index contributed by atoms with van der Waals surface area (Å²) in [7, 11) is 1.35. The van der Waals surface area contributed by atoms with Gasteiger partial charge < -0.3 is 5.73 Å². The quantitative estimate of drug-likeness (QED) is 0.567. The van der Waals surface area contributed by atoms with Crippen molar-refractivity contribution >= 4 is 11.6 Å². The lowest BCUT2D eigenvalue weighted by atomic mass is 10.4. The van der Waals surface area contributed by atoms with Gasteiger partial charge in [-0.25, -0.2) is 0 Å². The zero-order valence-electron chi connectivity index (χ0n) is 6.20. The third kappa shape index (κ3) is 1.00. The molecular formula is C5H6N4O3. The molecule has 7 nitrogen and oxygen atoms in total. The van der Waals surface area contributed by atoms with E-state index in [2.05, 4.69) is 10.3 Å². The Balaban J connectivity index is 3.50. The van der Waals surface area contributed by atoms with Crippen LogP contribution in [0, 0.1) is 4.91 Å². The van der Waals surface area contributed by atoms with Crippen molar-refractivity contribution in [1.29, 1.82) is 0 Å². The number of carbonyl (C=O) groups excluding carboxylic acids is 1. The molecule has 0 aromatic carbocycles. The maximum absolute atomic E-state index is 11.0. The van der Waals surface area contributed by atoms with Crippen molar-refractivity contribution in [2.24, 2.45) is 18.0 Å². The maximum Gasteiger partial charge on any atom is 0.296 e. The molecule has 1 aromatic heterocycles. The predicted octanol–water partition coefficient (Wildman–Crippen LogP) is -0.790. The first-order chi connectivity index (χ1) is 5.57. The summed E-state index contributed by atoms with van der Waals surface area (Å²) in [6.45, 7) is 0. The van der Waals surface area contributed by atoms with E-state index in [1.807, 2.05) is 0 Å². The topological polar surface area (TPSA) is 110 Å². The predicted molar refractivity (Wildman–Crippen MR) is 40.0 cm³/mol. The highest BCUT2D eigenvalue weighted by Gasteiger charge is 2.16. The molecule has 0 fully saturated rings. The number of hydrogen-bond acceptors (Lipinski definition) is 4. The minimum Gasteiger partial charge on any atom is -0.364 e. The molecule has 0 radical (unpaired) electrons. The van der Waals surface area contributed by atoms with Gasteiger partial charge in [-0.15, -0.1) is 4.91 Å². The Kier molecular flexibility index (Phi) is 1.78. The molecule has 1 rings (SSSR count). The molecule has 0 spiro atoms. The first-order valence-corrected chi connectivity index (χ1v) is 3.00. The van der Waals surface area contributed by atoms with Crippen LogP contribution in [0.4, 0.5) is 5.69 Å². The number of aromatic nitrogens is 2. The van der Waals surface area contributed by atoms with Gasteiger partial charge in [0, 0.05) is 7.05 Å². The number of primary amides is 1. The second-order valence-electron chi connectivity index (χ2n) is 2.16. The van der Waals surface area contributed by atoms with Crippen LogP contribution in [0.15, 0.2) is 9.97 Å². The number of rotatable bonds is 2. The summed E-state index contributed by atoms with van der Waals surface area (Å²) in [6, 6.07) is 0. The Hall–Kier alpha value is -1.92. The molecule has 1 aromatic rings. The molecular weight excluding hydrogens is 164 g/mol. The standard InChI is InChI=1S/C5H6N4O3/c1-9-5(11)3(8-12)2(7-9)4(6)10/h7H,1H3,(H2,6,10). The van der Waals surface area contributed by atoms with Crippen molar-refractivity contribution in [1.82, 2.24) is 9.78 Å². The number of aryl methyl sites for hydroxylation is 1. The molecule has 3 N–H and O–H groups in total. The Morgan fingerprint density at radius 2 is 2.25 bits per heavy atom. The van der Waals surface area contributed by atoms with E-state index in [-0.39, 0.29) is 5.69 Å². The first-order valence-electron chi connectivity index (χ1n) is 3.00. The summed E-state index contributed by atoms with van der Waals surface area (Å²) in [4.78, 5) is 31.6. The molecule has 7 heteroatoms. The molecule has 1 amide bonds. The highest BCUT2D eigenvalue weighted by Crippen LogP contribution is 2.08.